The smallest absolute Gasteiger partial charge is 0.119 e. The lowest BCUT2D eigenvalue weighted by Crippen LogP contribution is -2.32. The fraction of sp³-hybridized carbons (Fsp3) is 0.667. The predicted molar refractivity (Wildman–Crippen MR) is 88.7 cm³/mol. The lowest BCUT2D eigenvalue weighted by molar-refractivity contribution is 0.194. The molecule has 21 heavy (non-hydrogen) atoms. The molecule has 1 fully saturated rings. The van der Waals surface area contributed by atoms with Crippen molar-refractivity contribution < 1.29 is 4.74 Å². The molecule has 118 valence electrons. The number of hydrogen-bond acceptors (Lipinski definition) is 3. The standard InChI is InChI=1S/C18H30N2O/c1-15(2)10-12-20(17-5-6-17)13-14-21-18-7-3-16(4-8-18)9-11-19/h3-4,7-8,15,17H,5-6,9-14,19H2,1-2H3. The Morgan fingerprint density at radius 1 is 1.19 bits per heavy atom. The van der Waals surface area contributed by atoms with Gasteiger partial charge in [0, 0.05) is 12.6 Å². The normalized spacial score (nSPS) is 14.9. The van der Waals surface area contributed by atoms with Gasteiger partial charge in [0.1, 0.15) is 12.4 Å². The maximum Gasteiger partial charge on any atom is 0.119 e. The van der Waals surface area contributed by atoms with Crippen molar-refractivity contribution in [2.45, 2.75) is 45.6 Å². The Hall–Kier alpha value is -1.06. The third kappa shape index (κ3) is 6.06. The fourth-order valence-corrected chi connectivity index (χ4v) is 2.54. The molecule has 1 aliphatic carbocycles. The summed E-state index contributed by atoms with van der Waals surface area (Å²) in [7, 11) is 0. The van der Waals surface area contributed by atoms with Gasteiger partial charge in [-0.2, -0.15) is 0 Å². The van der Waals surface area contributed by atoms with Gasteiger partial charge in [0.05, 0.1) is 0 Å². The molecule has 3 nitrogen and oxygen atoms in total. The Labute approximate surface area is 129 Å². The van der Waals surface area contributed by atoms with E-state index in [0.29, 0.717) is 6.54 Å². The van der Waals surface area contributed by atoms with Crippen molar-refractivity contribution >= 4 is 0 Å². The quantitative estimate of drug-likeness (QED) is 0.719. The van der Waals surface area contributed by atoms with E-state index in [9.17, 15) is 0 Å². The van der Waals surface area contributed by atoms with E-state index >= 15 is 0 Å². The molecule has 2 rings (SSSR count). The molecule has 0 unspecified atom stereocenters. The van der Waals surface area contributed by atoms with Crippen molar-refractivity contribution in [1.82, 2.24) is 4.90 Å². The topological polar surface area (TPSA) is 38.5 Å². The molecule has 1 aliphatic rings. The van der Waals surface area contributed by atoms with Gasteiger partial charge in [0.2, 0.25) is 0 Å². The van der Waals surface area contributed by atoms with Crippen LogP contribution in [0.15, 0.2) is 24.3 Å². The highest BCUT2D eigenvalue weighted by atomic mass is 16.5. The molecule has 1 aromatic rings. The van der Waals surface area contributed by atoms with Crippen molar-refractivity contribution in [2.75, 3.05) is 26.2 Å². The molecule has 0 spiro atoms. The first-order valence-corrected chi connectivity index (χ1v) is 8.35. The first-order valence-electron chi connectivity index (χ1n) is 8.35. The van der Waals surface area contributed by atoms with E-state index in [2.05, 4.69) is 43.0 Å². The van der Waals surface area contributed by atoms with Gasteiger partial charge in [-0.25, -0.2) is 0 Å². The van der Waals surface area contributed by atoms with Crippen molar-refractivity contribution in [2.24, 2.45) is 11.7 Å². The monoisotopic (exact) mass is 290 g/mol. The zero-order chi connectivity index (χ0) is 15.1. The SMILES string of the molecule is CC(C)CCN(CCOc1ccc(CCN)cc1)C1CC1. The Balaban J connectivity index is 1.71. The Bertz CT molecular complexity index is 398. The van der Waals surface area contributed by atoms with Gasteiger partial charge in [0.25, 0.3) is 0 Å². The second kappa shape index (κ2) is 8.40. The molecule has 0 bridgehead atoms. The average Bonchev–Trinajstić information content (AvgIpc) is 3.29. The zero-order valence-electron chi connectivity index (χ0n) is 13.6. The summed E-state index contributed by atoms with van der Waals surface area (Å²) >= 11 is 0. The van der Waals surface area contributed by atoms with E-state index in [1.807, 2.05) is 0 Å². The molecule has 2 N–H and O–H groups in total. The maximum absolute atomic E-state index is 5.88. The third-order valence-corrected chi connectivity index (χ3v) is 4.06. The molecule has 0 saturated heterocycles. The van der Waals surface area contributed by atoms with Crippen LogP contribution in [-0.4, -0.2) is 37.2 Å². The van der Waals surface area contributed by atoms with Crippen LogP contribution in [0.2, 0.25) is 0 Å². The highest BCUT2D eigenvalue weighted by Crippen LogP contribution is 2.27. The van der Waals surface area contributed by atoms with Crippen LogP contribution in [-0.2, 0) is 6.42 Å². The van der Waals surface area contributed by atoms with Gasteiger partial charge in [0.15, 0.2) is 0 Å². The summed E-state index contributed by atoms with van der Waals surface area (Å²) in [6.45, 7) is 8.33. The van der Waals surface area contributed by atoms with E-state index in [0.717, 1.165) is 37.3 Å². The highest BCUT2D eigenvalue weighted by Gasteiger charge is 2.28. The van der Waals surface area contributed by atoms with Crippen molar-refractivity contribution in [3.63, 3.8) is 0 Å². The van der Waals surface area contributed by atoms with Gasteiger partial charge in [-0.3, -0.25) is 4.90 Å². The largest absolute Gasteiger partial charge is 0.492 e. The number of nitrogens with zero attached hydrogens (tertiary/aromatic N) is 1. The highest BCUT2D eigenvalue weighted by molar-refractivity contribution is 5.27. The molecular weight excluding hydrogens is 260 g/mol. The zero-order valence-corrected chi connectivity index (χ0v) is 13.6. The lowest BCUT2D eigenvalue weighted by atomic mass is 10.1. The van der Waals surface area contributed by atoms with Gasteiger partial charge in [-0.05, 0) is 62.4 Å². The second-order valence-corrected chi connectivity index (χ2v) is 6.48. The van der Waals surface area contributed by atoms with E-state index < -0.39 is 0 Å². The van der Waals surface area contributed by atoms with Crippen LogP contribution < -0.4 is 10.5 Å². The van der Waals surface area contributed by atoms with Gasteiger partial charge in [-0.1, -0.05) is 26.0 Å². The minimum atomic E-state index is 0.701. The van der Waals surface area contributed by atoms with E-state index in [1.54, 1.807) is 0 Å². The summed E-state index contributed by atoms with van der Waals surface area (Å²) in [6, 6.07) is 9.15. The van der Waals surface area contributed by atoms with Crippen molar-refractivity contribution in [3.05, 3.63) is 29.8 Å². The second-order valence-electron chi connectivity index (χ2n) is 6.48. The minimum Gasteiger partial charge on any atom is -0.492 e. The lowest BCUT2D eigenvalue weighted by Gasteiger charge is -2.23. The number of ether oxygens (including phenoxy) is 1. The van der Waals surface area contributed by atoms with Crippen LogP contribution in [0.1, 0.15) is 38.7 Å². The Kier molecular flexibility index (Phi) is 6.52. The first-order chi connectivity index (χ1) is 10.2. The van der Waals surface area contributed by atoms with Crippen LogP contribution in [0.25, 0.3) is 0 Å². The fourth-order valence-electron chi connectivity index (χ4n) is 2.54. The summed E-state index contributed by atoms with van der Waals surface area (Å²) in [5, 5.41) is 0. The van der Waals surface area contributed by atoms with Crippen LogP contribution in [0.3, 0.4) is 0 Å². The van der Waals surface area contributed by atoms with Crippen molar-refractivity contribution in [3.8, 4) is 5.75 Å². The third-order valence-electron chi connectivity index (χ3n) is 4.06. The molecule has 0 amide bonds. The van der Waals surface area contributed by atoms with E-state index in [1.165, 1.54) is 31.4 Å². The number of nitrogens with two attached hydrogens (primary N) is 1. The molecule has 3 heteroatoms. The number of rotatable bonds is 10. The summed E-state index contributed by atoms with van der Waals surface area (Å²) in [5.41, 5.74) is 6.84. The molecule has 0 heterocycles. The summed E-state index contributed by atoms with van der Waals surface area (Å²) in [5.74, 6) is 1.75. The van der Waals surface area contributed by atoms with Gasteiger partial charge < -0.3 is 10.5 Å². The Morgan fingerprint density at radius 3 is 2.48 bits per heavy atom. The average molecular weight is 290 g/mol. The molecule has 1 saturated carbocycles. The first kappa shape index (κ1) is 16.3. The number of hydrogen-bond donors (Lipinski definition) is 1. The summed E-state index contributed by atoms with van der Waals surface area (Å²) < 4.78 is 5.88. The predicted octanol–water partition coefficient (Wildman–Crippen LogP) is 3.08. The van der Waals surface area contributed by atoms with Gasteiger partial charge in [-0.15, -0.1) is 0 Å². The number of benzene rings is 1. The molecule has 1 aromatic carbocycles. The van der Waals surface area contributed by atoms with Gasteiger partial charge >= 0.3 is 0 Å². The van der Waals surface area contributed by atoms with Crippen LogP contribution in [0.5, 0.6) is 5.75 Å². The van der Waals surface area contributed by atoms with Crippen LogP contribution >= 0.6 is 0 Å². The van der Waals surface area contributed by atoms with Crippen LogP contribution in [0, 0.1) is 5.92 Å². The van der Waals surface area contributed by atoms with E-state index in [4.69, 9.17) is 10.5 Å². The van der Waals surface area contributed by atoms with E-state index in [-0.39, 0.29) is 0 Å². The minimum absolute atomic E-state index is 0.701. The summed E-state index contributed by atoms with van der Waals surface area (Å²) in [4.78, 5) is 2.60. The summed E-state index contributed by atoms with van der Waals surface area (Å²) in [6.07, 6.45) is 4.95. The molecule has 0 radical (unpaired) electrons. The molecular formula is C18H30N2O. The Morgan fingerprint density at radius 2 is 1.90 bits per heavy atom. The molecule has 0 aliphatic heterocycles. The van der Waals surface area contributed by atoms with Crippen molar-refractivity contribution in [1.29, 1.82) is 0 Å². The molecule has 0 aromatic heterocycles. The molecule has 0 atom stereocenters. The van der Waals surface area contributed by atoms with Crippen LogP contribution in [0.4, 0.5) is 0 Å². The maximum atomic E-state index is 5.88.